The number of esters is 7. The van der Waals surface area contributed by atoms with E-state index in [0.717, 1.165) is 58.9 Å². The average molecular weight is 1850 g/mol. The summed E-state index contributed by atoms with van der Waals surface area (Å²) < 4.78 is 215. The van der Waals surface area contributed by atoms with Crippen LogP contribution < -0.4 is 0 Å². The van der Waals surface area contributed by atoms with Crippen LogP contribution in [0.2, 0.25) is 0 Å². The standard InChI is InChI=1S/C85H123NO43/c1-39-57(99-12)65(100-13)62(54(112-39)36-109-32-47-27-23-22-24-28-47)128-83-75(108-21)69(104-17)61(53(121-83)35-98-11)127-82-74(107-20)68(103-16)60(52(120-82)34-97-10)126-81-73(106-19)67(102-15)59(51(119-81)33-96-9)125-80-72(105-18)66(101-14)58(50(118-80)31-86-78(94)48-29-25-26-30-49(48)79(86)95)124-84-77(117-46(8)93)71(115-44(6)91)64(56(123-84)38-111-41(3)88)129-85-76(116-45(7)92)70(114-43(5)90)63(113-42(4)89)55(122-85)37-110-40(2)87/h22-30,39,50-77,80-85H,31-38H2,1-21H3/t39-,50?,51?,52-,53-,54?,55-,56-,57?,58+,59+,60+,61+,62+,63+,64+,65+,66-,67-,68?,69?,70?,71?,72?,73?,74?,75?,76?,77?,80+,81-,82-,83-,84-,85+/m0/s1. The zero-order valence-corrected chi connectivity index (χ0v) is 76.1. The first-order valence-corrected chi connectivity index (χ1v) is 41.9. The number of benzene rings is 2. The molecule has 8 aliphatic rings. The molecular formula is C85H123NO43. The van der Waals surface area contributed by atoms with Crippen LogP contribution in [0, 0.1) is 0 Å². The van der Waals surface area contributed by atoms with Crippen LogP contribution in [0.3, 0.4) is 0 Å². The maximum absolute atomic E-state index is 14.6. The highest BCUT2D eigenvalue weighted by Gasteiger charge is 2.63. The van der Waals surface area contributed by atoms with Crippen LogP contribution in [0.5, 0.6) is 0 Å². The zero-order valence-electron chi connectivity index (χ0n) is 76.1. The van der Waals surface area contributed by atoms with Gasteiger partial charge in [-0.1, -0.05) is 42.5 Å². The average Bonchev–Trinajstić information content (AvgIpc) is 1.00. The van der Waals surface area contributed by atoms with Crippen molar-refractivity contribution in [2.75, 3.05) is 139 Å². The molecule has 0 radical (unpaired) electrons. The summed E-state index contributed by atoms with van der Waals surface area (Å²) in [5, 5.41) is 0. The van der Waals surface area contributed by atoms with Crippen molar-refractivity contribution in [3.05, 3.63) is 71.3 Å². The van der Waals surface area contributed by atoms with E-state index < -0.39 is 288 Å². The van der Waals surface area contributed by atoms with Gasteiger partial charge in [-0.2, -0.15) is 0 Å². The van der Waals surface area contributed by atoms with Gasteiger partial charge >= 0.3 is 41.8 Å². The van der Waals surface area contributed by atoms with E-state index in [-0.39, 0.29) is 37.6 Å². The number of hydrogen-bond donors (Lipinski definition) is 0. The molecule has 2 amide bonds. The van der Waals surface area contributed by atoms with E-state index in [4.69, 9.17) is 161 Å². The second kappa shape index (κ2) is 49.2. The molecule has 0 aromatic heterocycles. The van der Waals surface area contributed by atoms with Gasteiger partial charge in [0, 0.05) is 141 Å². The van der Waals surface area contributed by atoms with Crippen molar-refractivity contribution >= 4 is 53.6 Å². The second-order valence-corrected chi connectivity index (χ2v) is 31.4. The topological polar surface area (TPSA) is 471 Å². The molecule has 0 bridgehead atoms. The van der Waals surface area contributed by atoms with Crippen LogP contribution >= 0.6 is 0 Å². The molecule has 129 heavy (non-hydrogen) atoms. The molecular weight excluding hydrogens is 1720 g/mol. The first-order valence-electron chi connectivity index (χ1n) is 41.9. The number of rotatable bonds is 43. The molecule has 14 unspecified atom stereocenters. The Kier molecular flexibility index (Phi) is 39.6. The van der Waals surface area contributed by atoms with E-state index >= 15 is 0 Å². The molecule has 44 heteroatoms. The maximum atomic E-state index is 14.6. The lowest BCUT2D eigenvalue weighted by molar-refractivity contribution is -0.401. The van der Waals surface area contributed by atoms with Crippen LogP contribution in [-0.2, 0) is 201 Å². The second-order valence-electron chi connectivity index (χ2n) is 31.4. The number of fused-ring (bicyclic) bond motifs is 1. The number of ether oxygens (including phenoxy) is 34. The number of nitrogens with zero attached hydrogens (tertiary/aromatic N) is 1. The lowest BCUT2D eigenvalue weighted by Crippen LogP contribution is -2.70. The summed E-state index contributed by atoms with van der Waals surface area (Å²) in [6.07, 6.45) is -47.5. The van der Waals surface area contributed by atoms with Gasteiger partial charge in [0.1, 0.15) is 154 Å². The normalized spacial score (nSPS) is 37.1. The van der Waals surface area contributed by atoms with Gasteiger partial charge in [0.15, 0.2) is 68.3 Å². The minimum Gasteiger partial charge on any atom is -0.463 e. The summed E-state index contributed by atoms with van der Waals surface area (Å²) in [6.45, 7) is 6.63. The predicted octanol–water partition coefficient (Wildman–Crippen LogP) is 0.821. The summed E-state index contributed by atoms with van der Waals surface area (Å²) in [4.78, 5) is 122. The molecule has 8 aliphatic heterocycles. The fraction of sp³-hybridized carbons (Fsp3) is 0.753. The predicted molar refractivity (Wildman–Crippen MR) is 428 cm³/mol. The van der Waals surface area contributed by atoms with Crippen molar-refractivity contribution in [3.63, 3.8) is 0 Å². The largest absolute Gasteiger partial charge is 0.463 e. The Balaban J connectivity index is 0.944. The van der Waals surface area contributed by atoms with E-state index in [1.54, 1.807) is 26.4 Å². The molecule has 35 atom stereocenters. The Morgan fingerprint density at radius 2 is 0.543 bits per heavy atom. The first kappa shape index (κ1) is 104. The van der Waals surface area contributed by atoms with E-state index in [1.807, 2.05) is 37.3 Å². The van der Waals surface area contributed by atoms with Gasteiger partial charge in [-0.15, -0.1) is 0 Å². The Bertz CT molecular complexity index is 3890. The lowest BCUT2D eigenvalue weighted by atomic mass is 9.94. The molecule has 2 aromatic carbocycles. The molecule has 10 rings (SSSR count). The number of amides is 2. The van der Waals surface area contributed by atoms with Gasteiger partial charge in [-0.25, -0.2) is 0 Å². The zero-order chi connectivity index (χ0) is 93.8. The highest BCUT2D eigenvalue weighted by atomic mass is 16.8. The molecule has 726 valence electrons. The number of carbonyl (C=O) groups excluding carboxylic acids is 9. The highest BCUT2D eigenvalue weighted by molar-refractivity contribution is 6.21. The van der Waals surface area contributed by atoms with Crippen LogP contribution in [0.25, 0.3) is 0 Å². The summed E-state index contributed by atoms with van der Waals surface area (Å²) >= 11 is 0. The maximum Gasteiger partial charge on any atom is 0.303 e. The van der Waals surface area contributed by atoms with Crippen molar-refractivity contribution in [3.8, 4) is 0 Å². The molecule has 0 aliphatic carbocycles. The SMILES string of the molecule is COCC1O[C@@H](O[C@H]2C(OC)C(OC)[C@H](O[C@H]3C(OC)C(OC)[C@H](O[C@@H]4C(COCc5ccccc5)O[C@@H](C)C(OC)[C@H]4OC)O[C@H]3COC)O[C@H]2COC)C(OC)[C@@H](OC)[C@@H]1O[C@H]1OC(CN2C(=O)c3ccccc3C2=O)[C@@H](O[C@@H]2O[C@@H](COC(C)=O)[C@@H](O[C@H]3O[C@@H](COC(C)=O)[C@@H](OC(C)=O)C(OC(C)=O)C3OC(C)=O)C(OC(C)=O)C2OC(C)=O)[C@H](OC)C1OC. The Hall–Kier alpha value is -7.21. The van der Waals surface area contributed by atoms with E-state index in [0.29, 0.717) is 6.61 Å². The van der Waals surface area contributed by atoms with Gasteiger partial charge in [0.25, 0.3) is 11.8 Å². The third-order valence-electron chi connectivity index (χ3n) is 22.9. The summed E-state index contributed by atoms with van der Waals surface area (Å²) in [7, 11) is 18.6. The van der Waals surface area contributed by atoms with Crippen molar-refractivity contribution in [1.29, 1.82) is 0 Å². The molecule has 8 heterocycles. The summed E-state index contributed by atoms with van der Waals surface area (Å²) in [6, 6.07) is 15.7. The Morgan fingerprint density at radius 3 is 0.868 bits per heavy atom. The quantitative estimate of drug-likeness (QED) is 0.0504. The van der Waals surface area contributed by atoms with Gasteiger partial charge < -0.3 is 161 Å². The molecule has 7 saturated heterocycles. The van der Waals surface area contributed by atoms with Crippen LogP contribution in [0.15, 0.2) is 54.6 Å². The third-order valence-corrected chi connectivity index (χ3v) is 22.9. The van der Waals surface area contributed by atoms with Crippen LogP contribution in [-0.4, -0.2) is 412 Å². The van der Waals surface area contributed by atoms with E-state index in [2.05, 4.69) is 0 Å². The van der Waals surface area contributed by atoms with Gasteiger partial charge in [0.2, 0.25) is 0 Å². The van der Waals surface area contributed by atoms with Crippen LogP contribution in [0.1, 0.15) is 81.7 Å². The Morgan fingerprint density at radius 1 is 0.279 bits per heavy atom. The van der Waals surface area contributed by atoms with E-state index in [1.165, 1.54) is 90.3 Å². The molecule has 7 fully saturated rings. The Labute approximate surface area is 746 Å². The molecule has 2 aromatic rings. The van der Waals surface area contributed by atoms with E-state index in [9.17, 15) is 43.2 Å². The van der Waals surface area contributed by atoms with Crippen molar-refractivity contribution in [2.45, 2.75) is 277 Å². The number of imide groups is 1. The van der Waals surface area contributed by atoms with Gasteiger partial charge in [-0.05, 0) is 24.6 Å². The lowest BCUT2D eigenvalue weighted by Gasteiger charge is -2.52. The smallest absolute Gasteiger partial charge is 0.303 e. The van der Waals surface area contributed by atoms with Crippen molar-refractivity contribution in [2.24, 2.45) is 0 Å². The summed E-state index contributed by atoms with van der Waals surface area (Å²) in [5.41, 5.74) is 1.01. The molecule has 44 nitrogen and oxygen atoms in total. The fourth-order valence-corrected chi connectivity index (χ4v) is 17.5. The number of carbonyl (C=O) groups is 9. The minimum absolute atomic E-state index is 0.0300. The van der Waals surface area contributed by atoms with Gasteiger partial charge in [-0.3, -0.25) is 48.1 Å². The monoisotopic (exact) mass is 1850 g/mol. The van der Waals surface area contributed by atoms with Crippen molar-refractivity contribution < 1.29 is 204 Å². The third kappa shape index (κ3) is 25.1. The minimum atomic E-state index is -2.06. The fourth-order valence-electron chi connectivity index (χ4n) is 17.5. The van der Waals surface area contributed by atoms with Crippen LogP contribution in [0.4, 0.5) is 0 Å². The first-order chi connectivity index (χ1) is 61.9. The molecule has 0 N–H and O–H groups in total. The van der Waals surface area contributed by atoms with Gasteiger partial charge in [0.05, 0.1) is 56.8 Å². The highest BCUT2D eigenvalue weighted by Crippen LogP contribution is 2.44. The number of methoxy groups -OCH3 is 13. The molecule has 0 saturated carbocycles. The number of hydrogen-bond acceptors (Lipinski definition) is 43. The summed E-state index contributed by atoms with van der Waals surface area (Å²) in [5.74, 6) is -8.39. The molecule has 0 spiro atoms. The van der Waals surface area contributed by atoms with Crippen molar-refractivity contribution in [1.82, 2.24) is 4.90 Å².